The van der Waals surface area contributed by atoms with Gasteiger partial charge in [-0.1, -0.05) is 68.1 Å². The van der Waals surface area contributed by atoms with Gasteiger partial charge in [-0.15, -0.1) is 11.3 Å². The molecular weight excluding hydrogens is 513 g/mol. The largest absolute Gasteiger partial charge is 0.135 e. The molecule has 0 spiro atoms. The molecule has 41 heavy (non-hydrogen) atoms. The van der Waals surface area contributed by atoms with Crippen LogP contribution in [0.2, 0.25) is 0 Å². The molecule has 212 valence electrons. The highest BCUT2D eigenvalue weighted by Gasteiger charge is 2.62. The van der Waals surface area contributed by atoms with Gasteiger partial charge in [0.05, 0.1) is 0 Å². The van der Waals surface area contributed by atoms with Gasteiger partial charge in [0.2, 0.25) is 0 Å². The second kappa shape index (κ2) is 9.32. The number of thiophene rings is 1. The maximum Gasteiger partial charge on any atom is 0.0390 e. The molecule has 0 N–H and O–H groups in total. The van der Waals surface area contributed by atoms with Crippen molar-refractivity contribution in [3.8, 4) is 0 Å². The van der Waals surface area contributed by atoms with Crippen LogP contribution in [-0.2, 0) is 0 Å². The molecule has 6 aliphatic rings. The van der Waals surface area contributed by atoms with E-state index in [1.165, 1.54) is 45.5 Å². The summed E-state index contributed by atoms with van der Waals surface area (Å²) in [6.45, 7) is 0. The van der Waals surface area contributed by atoms with E-state index in [1.807, 2.05) is 0 Å². The molecule has 6 saturated carbocycles. The van der Waals surface area contributed by atoms with Crippen LogP contribution in [0.1, 0.15) is 95.0 Å². The minimum absolute atomic E-state index is 0.768. The zero-order chi connectivity index (χ0) is 26.7. The van der Waals surface area contributed by atoms with Gasteiger partial charge in [0.25, 0.3) is 0 Å². The van der Waals surface area contributed by atoms with Gasteiger partial charge in [0, 0.05) is 20.2 Å². The lowest BCUT2D eigenvalue weighted by atomic mass is 9.37. The minimum atomic E-state index is 0.768. The van der Waals surface area contributed by atoms with Crippen LogP contribution >= 0.6 is 11.3 Å². The molecule has 0 saturated heterocycles. The van der Waals surface area contributed by atoms with E-state index >= 15 is 0 Å². The Morgan fingerprint density at radius 2 is 1.10 bits per heavy atom. The summed E-state index contributed by atoms with van der Waals surface area (Å²) in [5, 5.41) is 5.76. The van der Waals surface area contributed by atoms with E-state index < -0.39 is 0 Å². The fourth-order valence-electron chi connectivity index (χ4n) is 13.3. The Hall–Kier alpha value is -1.86. The van der Waals surface area contributed by atoms with Gasteiger partial charge in [-0.3, -0.25) is 0 Å². The highest BCUT2D eigenvalue weighted by Crippen LogP contribution is 2.69. The quantitative estimate of drug-likeness (QED) is 0.218. The third kappa shape index (κ3) is 3.51. The van der Waals surface area contributed by atoms with Crippen molar-refractivity contribution in [3.05, 3.63) is 60.2 Å². The lowest BCUT2D eigenvalue weighted by molar-refractivity contribution is -0.188. The summed E-state index contributed by atoms with van der Waals surface area (Å²) in [5.41, 5.74) is 1.71. The summed E-state index contributed by atoms with van der Waals surface area (Å²) in [5.74, 6) is 11.6. The fraction of sp³-hybridized carbons (Fsp3) is 0.600. The predicted molar refractivity (Wildman–Crippen MR) is 174 cm³/mol. The minimum Gasteiger partial charge on any atom is -0.135 e. The molecule has 0 bridgehead atoms. The number of hydrogen-bond donors (Lipinski definition) is 0. The van der Waals surface area contributed by atoms with Gasteiger partial charge >= 0.3 is 0 Å². The van der Waals surface area contributed by atoms with E-state index in [2.05, 4.69) is 65.9 Å². The van der Waals surface area contributed by atoms with E-state index in [-0.39, 0.29) is 0 Å². The number of hydrogen-bond acceptors (Lipinski definition) is 1. The van der Waals surface area contributed by atoms with Crippen LogP contribution in [0.4, 0.5) is 0 Å². The van der Waals surface area contributed by atoms with E-state index in [9.17, 15) is 0 Å². The maximum absolute atomic E-state index is 2.54. The molecule has 6 fully saturated rings. The van der Waals surface area contributed by atoms with Crippen molar-refractivity contribution in [1.29, 1.82) is 0 Å². The number of rotatable bonds is 1. The second-order valence-electron chi connectivity index (χ2n) is 15.6. The first kappa shape index (κ1) is 24.6. The Labute approximate surface area is 250 Å². The normalized spacial score (nSPS) is 41.6. The van der Waals surface area contributed by atoms with Crippen molar-refractivity contribution < 1.29 is 0 Å². The van der Waals surface area contributed by atoms with Crippen LogP contribution in [0.25, 0.3) is 30.9 Å². The molecule has 1 heterocycles. The average Bonchev–Trinajstić information content (AvgIpc) is 3.40. The Bertz CT molecular complexity index is 1630. The molecule has 0 amide bonds. The predicted octanol–water partition coefficient (Wildman–Crippen LogP) is 11.6. The third-order valence-electron chi connectivity index (χ3n) is 14.4. The first-order chi connectivity index (χ1) is 20.3. The maximum atomic E-state index is 2.54. The molecule has 11 unspecified atom stereocenters. The molecule has 3 aromatic carbocycles. The summed E-state index contributed by atoms with van der Waals surface area (Å²) < 4.78 is 3.09. The highest BCUT2D eigenvalue weighted by molar-refractivity contribution is 7.26. The summed E-state index contributed by atoms with van der Waals surface area (Å²) in [4.78, 5) is 0. The molecule has 11 atom stereocenters. The first-order valence-electron chi connectivity index (χ1n) is 17.7. The van der Waals surface area contributed by atoms with E-state index in [0.29, 0.717) is 0 Å². The van der Waals surface area contributed by atoms with Crippen LogP contribution in [0.3, 0.4) is 0 Å². The summed E-state index contributed by atoms with van der Waals surface area (Å²) in [6, 6.07) is 21.2. The van der Waals surface area contributed by atoms with Crippen molar-refractivity contribution in [3.63, 3.8) is 0 Å². The Morgan fingerprint density at radius 3 is 1.80 bits per heavy atom. The zero-order valence-electron chi connectivity index (χ0n) is 24.6. The van der Waals surface area contributed by atoms with Crippen LogP contribution in [0.5, 0.6) is 0 Å². The Morgan fingerprint density at radius 1 is 0.488 bits per heavy atom. The van der Waals surface area contributed by atoms with E-state index in [4.69, 9.17) is 0 Å². The van der Waals surface area contributed by atoms with Gasteiger partial charge in [-0.25, -0.2) is 0 Å². The van der Waals surface area contributed by atoms with E-state index in [1.54, 1.807) is 74.5 Å². The zero-order valence-corrected chi connectivity index (χ0v) is 25.5. The molecule has 4 aromatic rings. The van der Waals surface area contributed by atoms with E-state index in [0.717, 1.165) is 65.1 Å². The lowest BCUT2D eigenvalue weighted by Gasteiger charge is -2.67. The standard InChI is InChI=1S/C40H46S/c1-2-9-24-22-37-36(20-23(24)8-1)34-17-5-12-26(40(34)41-37)25-18-19-29-32-15-6-13-30-27-10-3-4-11-28(27)31-14-7-16-33(35(29)21-25)39(31)38(30)32/h1-2,5,8-9,12,17,20,22,25,27-33,35,38-39H,3-4,6-7,10-11,13-16,18-19,21H2. The second-order valence-corrected chi connectivity index (χ2v) is 16.7. The third-order valence-corrected chi connectivity index (χ3v) is 15.7. The van der Waals surface area contributed by atoms with Gasteiger partial charge in [-0.05, 0) is 151 Å². The Balaban J connectivity index is 1.04. The van der Waals surface area contributed by atoms with Crippen LogP contribution in [-0.4, -0.2) is 0 Å². The summed E-state index contributed by atoms with van der Waals surface area (Å²) >= 11 is 2.09. The molecule has 6 aliphatic carbocycles. The van der Waals surface area contributed by atoms with Gasteiger partial charge < -0.3 is 0 Å². The topological polar surface area (TPSA) is 0 Å². The summed E-state index contributed by atoms with van der Waals surface area (Å²) in [6.07, 6.45) is 20.2. The fourth-order valence-corrected chi connectivity index (χ4v) is 14.7. The Kier molecular flexibility index (Phi) is 5.58. The molecular formula is C40H46S. The molecule has 0 aliphatic heterocycles. The van der Waals surface area contributed by atoms with Crippen molar-refractivity contribution in [2.24, 2.45) is 59.2 Å². The van der Waals surface area contributed by atoms with Crippen molar-refractivity contribution in [2.75, 3.05) is 0 Å². The van der Waals surface area contributed by atoms with Crippen molar-refractivity contribution in [1.82, 2.24) is 0 Å². The van der Waals surface area contributed by atoms with Gasteiger partial charge in [0.15, 0.2) is 0 Å². The number of fused-ring (bicyclic) bond motifs is 10. The van der Waals surface area contributed by atoms with Crippen LogP contribution < -0.4 is 0 Å². The summed E-state index contributed by atoms with van der Waals surface area (Å²) in [7, 11) is 0. The van der Waals surface area contributed by atoms with Gasteiger partial charge in [0.1, 0.15) is 0 Å². The van der Waals surface area contributed by atoms with Crippen molar-refractivity contribution >= 4 is 42.3 Å². The van der Waals surface area contributed by atoms with Gasteiger partial charge in [-0.2, -0.15) is 0 Å². The molecule has 0 radical (unpaired) electrons. The molecule has 0 nitrogen and oxygen atoms in total. The molecule has 1 aromatic heterocycles. The van der Waals surface area contributed by atoms with Crippen LogP contribution in [0.15, 0.2) is 54.6 Å². The first-order valence-corrected chi connectivity index (χ1v) is 18.5. The van der Waals surface area contributed by atoms with Crippen LogP contribution in [0, 0.1) is 59.2 Å². The molecule has 10 rings (SSSR count). The SMILES string of the molecule is c1ccc2cc3c(cc2c1)sc1c(C2CCC4C(C2)C2CCCC5C6CCCCC6C6CCCC4C6C52)cccc13. The molecule has 1 heteroatoms. The smallest absolute Gasteiger partial charge is 0.0390 e. The average molecular weight is 559 g/mol. The number of benzene rings is 3. The highest BCUT2D eigenvalue weighted by atomic mass is 32.1. The monoisotopic (exact) mass is 558 g/mol. The van der Waals surface area contributed by atoms with Crippen molar-refractivity contribution in [2.45, 2.75) is 89.4 Å². The lowest BCUT2D eigenvalue weighted by Crippen LogP contribution is -2.61.